The molecular formula is C13H19ClF3N3O2S. The summed E-state index contributed by atoms with van der Waals surface area (Å²) in [5.41, 5.74) is 0. The topological polar surface area (TPSA) is 61.4 Å². The van der Waals surface area contributed by atoms with Gasteiger partial charge in [0.05, 0.1) is 4.90 Å². The lowest BCUT2D eigenvalue weighted by Crippen LogP contribution is -2.57. The third-order valence-corrected chi connectivity index (χ3v) is 4.93. The summed E-state index contributed by atoms with van der Waals surface area (Å²) >= 11 is 0. The predicted octanol–water partition coefficient (Wildman–Crippen LogP) is 1.22. The Morgan fingerprint density at radius 1 is 1.17 bits per heavy atom. The Labute approximate surface area is 139 Å². The summed E-state index contributed by atoms with van der Waals surface area (Å²) in [5, 5.41) is 2.97. The van der Waals surface area contributed by atoms with Crippen LogP contribution in [0.1, 0.15) is 0 Å². The Morgan fingerprint density at radius 2 is 1.74 bits per heavy atom. The van der Waals surface area contributed by atoms with Gasteiger partial charge in [0.2, 0.25) is 10.0 Å². The standard InChI is InChI=1S/C13H18F3N3O2S.ClH/c14-13(15,16)12(19-8-6-17-7-9-19)10-18-22(20,21)11-4-2-1-3-5-11;/h1-5,12,17-18H,6-10H2;1H. The summed E-state index contributed by atoms with van der Waals surface area (Å²) in [7, 11) is -3.95. The Kier molecular flexibility index (Phi) is 7.28. The van der Waals surface area contributed by atoms with E-state index < -0.39 is 28.8 Å². The highest BCUT2D eigenvalue weighted by Gasteiger charge is 2.44. The molecule has 2 N–H and O–H groups in total. The molecule has 0 aliphatic carbocycles. The van der Waals surface area contributed by atoms with E-state index in [0.29, 0.717) is 13.1 Å². The van der Waals surface area contributed by atoms with Crippen molar-refractivity contribution in [1.29, 1.82) is 0 Å². The van der Waals surface area contributed by atoms with E-state index in [1.165, 1.54) is 29.2 Å². The second kappa shape index (κ2) is 8.29. The van der Waals surface area contributed by atoms with Gasteiger partial charge in [0.15, 0.2) is 0 Å². The first-order chi connectivity index (χ1) is 10.3. The van der Waals surface area contributed by atoms with Crippen molar-refractivity contribution in [3.8, 4) is 0 Å². The van der Waals surface area contributed by atoms with E-state index in [0.717, 1.165) is 0 Å². The van der Waals surface area contributed by atoms with E-state index in [1.54, 1.807) is 6.07 Å². The first kappa shape index (κ1) is 20.2. The van der Waals surface area contributed by atoms with Gasteiger partial charge in [-0.3, -0.25) is 4.90 Å². The molecule has 23 heavy (non-hydrogen) atoms. The van der Waals surface area contributed by atoms with E-state index in [9.17, 15) is 21.6 Å². The summed E-state index contributed by atoms with van der Waals surface area (Å²) in [6.07, 6.45) is -4.49. The van der Waals surface area contributed by atoms with Crippen molar-refractivity contribution < 1.29 is 21.6 Å². The number of nitrogens with zero attached hydrogens (tertiary/aromatic N) is 1. The molecule has 1 aliphatic heterocycles. The van der Waals surface area contributed by atoms with E-state index in [-0.39, 0.29) is 30.4 Å². The van der Waals surface area contributed by atoms with Crippen LogP contribution in [0.5, 0.6) is 0 Å². The second-order valence-corrected chi connectivity index (χ2v) is 6.78. The molecule has 1 saturated heterocycles. The highest BCUT2D eigenvalue weighted by atomic mass is 35.5. The monoisotopic (exact) mass is 373 g/mol. The fraction of sp³-hybridized carbons (Fsp3) is 0.538. The highest BCUT2D eigenvalue weighted by molar-refractivity contribution is 7.89. The molecule has 0 saturated carbocycles. The van der Waals surface area contributed by atoms with Crippen LogP contribution in [0, 0.1) is 0 Å². The van der Waals surface area contributed by atoms with Crippen molar-refractivity contribution in [2.24, 2.45) is 0 Å². The first-order valence-electron chi connectivity index (χ1n) is 6.87. The van der Waals surface area contributed by atoms with Crippen molar-refractivity contribution in [3.63, 3.8) is 0 Å². The van der Waals surface area contributed by atoms with Gasteiger partial charge in [-0.25, -0.2) is 13.1 Å². The van der Waals surface area contributed by atoms with Gasteiger partial charge in [-0.15, -0.1) is 12.4 Å². The molecule has 1 fully saturated rings. The molecule has 0 aromatic heterocycles. The molecule has 0 radical (unpaired) electrons. The number of halogens is 4. The van der Waals surface area contributed by atoms with Crippen molar-refractivity contribution >= 4 is 22.4 Å². The van der Waals surface area contributed by atoms with Crippen molar-refractivity contribution in [2.75, 3.05) is 32.7 Å². The molecule has 1 aliphatic rings. The molecule has 1 aromatic carbocycles. The summed E-state index contributed by atoms with van der Waals surface area (Å²) < 4.78 is 65.7. The number of sulfonamides is 1. The summed E-state index contributed by atoms with van der Waals surface area (Å²) in [4.78, 5) is 1.21. The van der Waals surface area contributed by atoms with Crippen LogP contribution in [0.15, 0.2) is 35.2 Å². The lowest BCUT2D eigenvalue weighted by Gasteiger charge is -2.35. The predicted molar refractivity (Wildman–Crippen MR) is 83.2 cm³/mol. The number of rotatable bonds is 5. The van der Waals surface area contributed by atoms with Gasteiger partial charge in [-0.1, -0.05) is 18.2 Å². The molecule has 0 spiro atoms. The Hall–Kier alpha value is -0.870. The van der Waals surface area contributed by atoms with Crippen LogP contribution in [0.25, 0.3) is 0 Å². The number of alkyl halides is 3. The molecule has 132 valence electrons. The number of hydrogen-bond acceptors (Lipinski definition) is 4. The maximum absolute atomic E-state index is 13.2. The Morgan fingerprint density at radius 3 is 2.26 bits per heavy atom. The number of hydrogen-bond donors (Lipinski definition) is 2. The minimum absolute atomic E-state index is 0. The zero-order valence-corrected chi connectivity index (χ0v) is 13.8. The number of piperazine rings is 1. The SMILES string of the molecule is Cl.O=S(=O)(NCC(N1CCNCC1)C(F)(F)F)c1ccccc1. The average molecular weight is 374 g/mol. The minimum atomic E-state index is -4.49. The fourth-order valence-corrected chi connectivity index (χ4v) is 3.38. The third kappa shape index (κ3) is 5.61. The van der Waals surface area contributed by atoms with Crippen molar-refractivity contribution in [3.05, 3.63) is 30.3 Å². The van der Waals surface area contributed by atoms with Crippen LogP contribution in [-0.4, -0.2) is 58.3 Å². The van der Waals surface area contributed by atoms with Gasteiger partial charge in [0, 0.05) is 32.7 Å². The van der Waals surface area contributed by atoms with E-state index in [1.807, 2.05) is 0 Å². The first-order valence-corrected chi connectivity index (χ1v) is 8.35. The normalized spacial score (nSPS) is 18.2. The molecule has 0 amide bonds. The molecule has 5 nitrogen and oxygen atoms in total. The molecular weight excluding hydrogens is 355 g/mol. The average Bonchev–Trinajstić information content (AvgIpc) is 2.48. The Balaban J connectivity index is 0.00000264. The van der Waals surface area contributed by atoms with Gasteiger partial charge >= 0.3 is 6.18 Å². The molecule has 2 rings (SSSR count). The molecule has 1 aromatic rings. The maximum atomic E-state index is 13.2. The number of benzene rings is 1. The molecule has 10 heteroatoms. The second-order valence-electron chi connectivity index (χ2n) is 5.01. The van der Waals surface area contributed by atoms with E-state index in [2.05, 4.69) is 10.0 Å². The van der Waals surface area contributed by atoms with Crippen LogP contribution in [0.2, 0.25) is 0 Å². The molecule has 1 heterocycles. The van der Waals surface area contributed by atoms with Gasteiger partial charge in [-0.2, -0.15) is 13.2 Å². The molecule has 1 atom stereocenters. The minimum Gasteiger partial charge on any atom is -0.314 e. The fourth-order valence-electron chi connectivity index (χ4n) is 2.32. The lowest BCUT2D eigenvalue weighted by molar-refractivity contribution is -0.182. The molecule has 0 bridgehead atoms. The Bertz CT molecular complexity index is 578. The zero-order chi connectivity index (χ0) is 16.2. The lowest BCUT2D eigenvalue weighted by atomic mass is 10.2. The van der Waals surface area contributed by atoms with Crippen LogP contribution in [0.4, 0.5) is 13.2 Å². The van der Waals surface area contributed by atoms with E-state index >= 15 is 0 Å². The zero-order valence-electron chi connectivity index (χ0n) is 12.2. The summed E-state index contributed by atoms with van der Waals surface area (Å²) in [6, 6.07) is 5.54. The van der Waals surface area contributed by atoms with Crippen LogP contribution in [-0.2, 0) is 10.0 Å². The van der Waals surface area contributed by atoms with Gasteiger partial charge in [-0.05, 0) is 12.1 Å². The largest absolute Gasteiger partial charge is 0.405 e. The van der Waals surface area contributed by atoms with Gasteiger partial charge < -0.3 is 5.32 Å². The van der Waals surface area contributed by atoms with Crippen molar-refractivity contribution in [2.45, 2.75) is 17.1 Å². The maximum Gasteiger partial charge on any atom is 0.405 e. The van der Waals surface area contributed by atoms with Crippen LogP contribution < -0.4 is 10.0 Å². The highest BCUT2D eigenvalue weighted by Crippen LogP contribution is 2.25. The quantitative estimate of drug-likeness (QED) is 0.815. The number of nitrogens with one attached hydrogen (secondary N) is 2. The van der Waals surface area contributed by atoms with Gasteiger partial charge in [0.1, 0.15) is 6.04 Å². The third-order valence-electron chi connectivity index (χ3n) is 3.49. The smallest absolute Gasteiger partial charge is 0.314 e. The summed E-state index contributed by atoms with van der Waals surface area (Å²) in [6.45, 7) is 0.686. The van der Waals surface area contributed by atoms with Crippen molar-refractivity contribution in [1.82, 2.24) is 14.9 Å². The summed E-state index contributed by atoms with van der Waals surface area (Å²) in [5.74, 6) is 0. The van der Waals surface area contributed by atoms with Gasteiger partial charge in [0.25, 0.3) is 0 Å². The molecule has 1 unspecified atom stereocenters. The van der Waals surface area contributed by atoms with Crippen LogP contribution >= 0.6 is 12.4 Å². The van der Waals surface area contributed by atoms with Crippen LogP contribution in [0.3, 0.4) is 0 Å². The van der Waals surface area contributed by atoms with E-state index in [4.69, 9.17) is 0 Å².